The SMILES string of the molecule is Cc1cc(C)c(C)c(CCN(C)C(=O)CO)c1C. The molecule has 0 fully saturated rings. The Hall–Kier alpha value is -1.35. The average Bonchev–Trinajstić information content (AvgIpc) is 2.35. The molecule has 0 saturated heterocycles. The van der Waals surface area contributed by atoms with E-state index in [1.807, 2.05) is 0 Å². The third-order valence-electron chi connectivity index (χ3n) is 3.78. The van der Waals surface area contributed by atoms with E-state index < -0.39 is 6.61 Å². The van der Waals surface area contributed by atoms with Gasteiger partial charge in [0.25, 0.3) is 0 Å². The van der Waals surface area contributed by atoms with Crippen LogP contribution in [0.2, 0.25) is 0 Å². The minimum absolute atomic E-state index is 0.227. The van der Waals surface area contributed by atoms with Crippen LogP contribution in [0.4, 0.5) is 0 Å². The molecule has 1 aromatic carbocycles. The summed E-state index contributed by atoms with van der Waals surface area (Å²) in [4.78, 5) is 12.9. The molecule has 0 aliphatic carbocycles. The molecule has 0 saturated carbocycles. The Bertz CT molecular complexity index is 426. The Balaban J connectivity index is 2.88. The van der Waals surface area contributed by atoms with Gasteiger partial charge in [-0.1, -0.05) is 6.07 Å². The summed E-state index contributed by atoms with van der Waals surface area (Å²) >= 11 is 0. The monoisotopic (exact) mass is 249 g/mol. The lowest BCUT2D eigenvalue weighted by Crippen LogP contribution is -2.31. The van der Waals surface area contributed by atoms with Crippen LogP contribution in [-0.4, -0.2) is 36.1 Å². The molecule has 1 N–H and O–H groups in total. The second-order valence-electron chi connectivity index (χ2n) is 4.96. The summed E-state index contributed by atoms with van der Waals surface area (Å²) in [6, 6.07) is 2.21. The zero-order valence-electron chi connectivity index (χ0n) is 12.0. The summed E-state index contributed by atoms with van der Waals surface area (Å²) in [5, 5.41) is 8.81. The second-order valence-corrected chi connectivity index (χ2v) is 4.96. The molecule has 0 aromatic heterocycles. The fourth-order valence-electron chi connectivity index (χ4n) is 2.20. The number of carbonyl (C=O) groups is 1. The van der Waals surface area contributed by atoms with Crippen molar-refractivity contribution < 1.29 is 9.90 Å². The first-order valence-electron chi connectivity index (χ1n) is 6.29. The molecule has 18 heavy (non-hydrogen) atoms. The largest absolute Gasteiger partial charge is 0.387 e. The summed E-state index contributed by atoms with van der Waals surface area (Å²) in [6.45, 7) is 8.73. The van der Waals surface area contributed by atoms with E-state index in [1.54, 1.807) is 11.9 Å². The topological polar surface area (TPSA) is 40.5 Å². The molecule has 3 nitrogen and oxygen atoms in total. The van der Waals surface area contributed by atoms with Crippen LogP contribution in [0.5, 0.6) is 0 Å². The van der Waals surface area contributed by atoms with Crippen LogP contribution in [0.25, 0.3) is 0 Å². The van der Waals surface area contributed by atoms with Crippen molar-refractivity contribution >= 4 is 5.91 Å². The number of aryl methyl sites for hydroxylation is 2. The Morgan fingerprint density at radius 2 is 1.67 bits per heavy atom. The van der Waals surface area contributed by atoms with Crippen LogP contribution in [0.15, 0.2) is 6.07 Å². The predicted octanol–water partition coefficient (Wildman–Crippen LogP) is 1.91. The van der Waals surface area contributed by atoms with Crippen molar-refractivity contribution in [3.8, 4) is 0 Å². The Kier molecular flexibility index (Phi) is 4.91. The highest BCUT2D eigenvalue weighted by Crippen LogP contribution is 2.22. The molecule has 0 spiro atoms. The Morgan fingerprint density at radius 3 is 2.11 bits per heavy atom. The molecule has 0 aliphatic heterocycles. The van der Waals surface area contributed by atoms with E-state index in [9.17, 15) is 4.79 Å². The van der Waals surface area contributed by atoms with Gasteiger partial charge in [0, 0.05) is 13.6 Å². The van der Waals surface area contributed by atoms with Gasteiger partial charge in [-0.2, -0.15) is 0 Å². The number of likely N-dealkylation sites (N-methyl/N-ethyl adjacent to an activating group) is 1. The fraction of sp³-hybridized carbons (Fsp3) is 0.533. The molecule has 0 atom stereocenters. The van der Waals surface area contributed by atoms with Crippen molar-refractivity contribution in [3.05, 3.63) is 33.9 Å². The number of carbonyl (C=O) groups excluding carboxylic acids is 1. The molecule has 1 aromatic rings. The summed E-state index contributed by atoms with van der Waals surface area (Å²) in [6.07, 6.45) is 0.836. The van der Waals surface area contributed by atoms with Gasteiger partial charge in [0.15, 0.2) is 0 Å². The quantitative estimate of drug-likeness (QED) is 0.885. The zero-order valence-corrected chi connectivity index (χ0v) is 12.0. The number of hydrogen-bond acceptors (Lipinski definition) is 2. The highest BCUT2D eigenvalue weighted by Gasteiger charge is 2.11. The maximum Gasteiger partial charge on any atom is 0.248 e. The van der Waals surface area contributed by atoms with Crippen LogP contribution in [-0.2, 0) is 11.2 Å². The molecule has 100 valence electrons. The summed E-state index contributed by atoms with van der Waals surface area (Å²) < 4.78 is 0. The summed E-state index contributed by atoms with van der Waals surface area (Å²) in [5.74, 6) is -0.227. The first-order chi connectivity index (χ1) is 8.38. The molecule has 0 aliphatic rings. The van der Waals surface area contributed by atoms with Crippen LogP contribution >= 0.6 is 0 Å². The van der Waals surface area contributed by atoms with Gasteiger partial charge in [-0.3, -0.25) is 4.79 Å². The van der Waals surface area contributed by atoms with Crippen molar-refractivity contribution in [1.82, 2.24) is 4.90 Å². The lowest BCUT2D eigenvalue weighted by Gasteiger charge is -2.19. The Morgan fingerprint density at radius 1 is 1.17 bits per heavy atom. The highest BCUT2D eigenvalue weighted by molar-refractivity contribution is 5.76. The molecule has 0 unspecified atom stereocenters. The lowest BCUT2D eigenvalue weighted by atomic mass is 9.92. The average molecular weight is 249 g/mol. The number of nitrogens with zero attached hydrogens (tertiary/aromatic N) is 1. The number of aliphatic hydroxyl groups is 1. The number of aliphatic hydroxyl groups excluding tert-OH is 1. The lowest BCUT2D eigenvalue weighted by molar-refractivity contribution is -0.132. The van der Waals surface area contributed by atoms with Crippen LogP contribution < -0.4 is 0 Å². The van der Waals surface area contributed by atoms with E-state index >= 15 is 0 Å². The predicted molar refractivity (Wildman–Crippen MR) is 73.8 cm³/mol. The normalized spacial score (nSPS) is 10.6. The molecular weight excluding hydrogens is 226 g/mol. The van der Waals surface area contributed by atoms with Gasteiger partial charge in [0.05, 0.1) is 0 Å². The Labute approximate surface area is 109 Å². The van der Waals surface area contributed by atoms with Crippen molar-refractivity contribution in [2.45, 2.75) is 34.1 Å². The van der Waals surface area contributed by atoms with Crippen LogP contribution in [0, 0.1) is 27.7 Å². The van der Waals surface area contributed by atoms with E-state index in [1.165, 1.54) is 27.8 Å². The zero-order chi connectivity index (χ0) is 13.9. The van der Waals surface area contributed by atoms with Crippen molar-refractivity contribution in [3.63, 3.8) is 0 Å². The van der Waals surface area contributed by atoms with Gasteiger partial charge in [-0.05, 0) is 61.9 Å². The smallest absolute Gasteiger partial charge is 0.248 e. The van der Waals surface area contributed by atoms with E-state index in [2.05, 4.69) is 33.8 Å². The van der Waals surface area contributed by atoms with Gasteiger partial charge in [-0.15, -0.1) is 0 Å². The molecule has 1 amide bonds. The number of rotatable bonds is 4. The van der Waals surface area contributed by atoms with E-state index in [0.717, 1.165) is 6.42 Å². The third-order valence-corrected chi connectivity index (χ3v) is 3.78. The summed E-state index contributed by atoms with van der Waals surface area (Å²) in [5.41, 5.74) is 6.53. The molecule has 3 heteroatoms. The molecular formula is C15H23NO2. The van der Waals surface area contributed by atoms with Crippen LogP contribution in [0.1, 0.15) is 27.8 Å². The molecule has 1 rings (SSSR count). The first-order valence-corrected chi connectivity index (χ1v) is 6.29. The first kappa shape index (κ1) is 14.7. The number of hydrogen-bond donors (Lipinski definition) is 1. The summed E-state index contributed by atoms with van der Waals surface area (Å²) in [7, 11) is 1.73. The minimum atomic E-state index is -0.415. The molecule has 0 heterocycles. The number of benzene rings is 1. The van der Waals surface area contributed by atoms with Gasteiger partial charge >= 0.3 is 0 Å². The van der Waals surface area contributed by atoms with Crippen molar-refractivity contribution in [1.29, 1.82) is 0 Å². The van der Waals surface area contributed by atoms with Gasteiger partial charge in [0.2, 0.25) is 5.91 Å². The van der Waals surface area contributed by atoms with Gasteiger partial charge < -0.3 is 10.0 Å². The minimum Gasteiger partial charge on any atom is -0.387 e. The third kappa shape index (κ3) is 3.10. The number of amides is 1. The fourth-order valence-corrected chi connectivity index (χ4v) is 2.20. The molecule has 0 bridgehead atoms. The molecule has 0 radical (unpaired) electrons. The highest BCUT2D eigenvalue weighted by atomic mass is 16.3. The van der Waals surface area contributed by atoms with Crippen molar-refractivity contribution in [2.75, 3.05) is 20.2 Å². The van der Waals surface area contributed by atoms with Crippen LogP contribution in [0.3, 0.4) is 0 Å². The second kappa shape index (κ2) is 6.01. The van der Waals surface area contributed by atoms with Gasteiger partial charge in [-0.25, -0.2) is 0 Å². The maximum absolute atomic E-state index is 11.3. The maximum atomic E-state index is 11.3. The standard InChI is InChI=1S/C15H23NO2/c1-10-8-11(2)13(4)14(12(10)3)6-7-16(5)15(18)9-17/h8,17H,6-7,9H2,1-5H3. The van der Waals surface area contributed by atoms with Crippen molar-refractivity contribution in [2.24, 2.45) is 0 Å². The van der Waals surface area contributed by atoms with E-state index in [4.69, 9.17) is 5.11 Å². The van der Waals surface area contributed by atoms with Gasteiger partial charge in [0.1, 0.15) is 6.61 Å². The van der Waals surface area contributed by atoms with E-state index in [-0.39, 0.29) is 5.91 Å². The van der Waals surface area contributed by atoms with E-state index in [0.29, 0.717) is 6.54 Å².